The Labute approximate surface area is 561 Å². The van der Waals surface area contributed by atoms with Gasteiger partial charge in [-0.05, 0) is 180 Å². The van der Waals surface area contributed by atoms with Crippen molar-refractivity contribution in [2.75, 3.05) is 9.80 Å². The number of nitrogens with zero attached hydrogens (tertiary/aromatic N) is 5. The zero-order valence-corrected chi connectivity index (χ0v) is 59.5. The second kappa shape index (κ2) is 24.7. The molecule has 0 unspecified atom stereocenters. The number of para-hydroxylation sites is 1. The molecule has 0 N–H and O–H groups in total. The Morgan fingerprint density at radius 1 is 0.478 bits per heavy atom. The van der Waals surface area contributed by atoms with Crippen LogP contribution in [0.3, 0.4) is 0 Å². The van der Waals surface area contributed by atoms with E-state index in [9.17, 15) is 4.39 Å². The SMILES string of the molecule is CC(C)c1cccc(C(C)C)c1-n1c(-c2[c-]cccc2)nc2ccc(-c3cc4c5c(c3)N(c3ccc(C(C)(C)C)cc3)c3ccc(C(C)(C)C)cc3B5c3cc(C(C)(C)C)ccc3N4c3ccc(C(C)(C)C)cc3)cc21.Cc1cnc(-c2[c-]cc(F)cc2)cc1C.[Ir]. The van der Waals surface area contributed by atoms with Crippen LogP contribution in [0.2, 0.25) is 0 Å². The van der Waals surface area contributed by atoms with Crippen LogP contribution in [0, 0.1) is 31.8 Å². The predicted octanol–water partition coefficient (Wildman–Crippen LogP) is 21.0. The minimum Gasteiger partial charge on any atom is -0.333 e. The molecule has 0 saturated heterocycles. The van der Waals surface area contributed by atoms with Gasteiger partial charge in [0, 0.05) is 71.9 Å². The number of fused-ring (bicyclic) bond motifs is 5. The van der Waals surface area contributed by atoms with Crippen LogP contribution >= 0.6 is 0 Å². The van der Waals surface area contributed by atoms with Gasteiger partial charge in [-0.3, -0.25) is 9.37 Å². The van der Waals surface area contributed by atoms with E-state index in [4.69, 9.17) is 4.98 Å². The number of rotatable bonds is 8. The summed E-state index contributed by atoms with van der Waals surface area (Å²) in [4.78, 5) is 14.9. The van der Waals surface area contributed by atoms with Gasteiger partial charge in [-0.2, -0.15) is 0 Å². The van der Waals surface area contributed by atoms with Gasteiger partial charge in [-0.15, -0.1) is 65.7 Å². The predicted molar refractivity (Wildman–Crippen MR) is 386 cm³/mol. The number of halogens is 1. The Balaban J connectivity index is 0.000000475. The summed E-state index contributed by atoms with van der Waals surface area (Å²) in [6, 6.07) is 73.3. The van der Waals surface area contributed by atoms with E-state index >= 15 is 0 Å². The number of hydrogen-bond donors (Lipinski definition) is 0. The summed E-state index contributed by atoms with van der Waals surface area (Å²) in [6.45, 7) is 41.1. The molecular formula is C84H87BFIrN5-2. The van der Waals surface area contributed by atoms with Gasteiger partial charge in [-0.25, -0.2) is 0 Å². The monoisotopic (exact) mass is 1390 g/mol. The van der Waals surface area contributed by atoms with Gasteiger partial charge in [0.25, 0.3) is 6.71 Å². The summed E-state index contributed by atoms with van der Waals surface area (Å²) in [5, 5.41) is 0. The number of hydrogen-bond acceptors (Lipinski definition) is 4. The second-order valence-electron chi connectivity index (χ2n) is 30.1. The van der Waals surface area contributed by atoms with E-state index in [2.05, 4.69) is 288 Å². The number of imidazole rings is 1. The van der Waals surface area contributed by atoms with E-state index in [0.717, 1.165) is 61.7 Å². The Bertz CT molecular complexity index is 4360. The molecule has 0 atom stereocenters. The fraction of sp³-hybridized carbons (Fsp3) is 0.286. The third kappa shape index (κ3) is 12.4. The summed E-state index contributed by atoms with van der Waals surface area (Å²) < 4.78 is 15.1. The Hall–Kier alpha value is -8.16. The second-order valence-corrected chi connectivity index (χ2v) is 30.1. The van der Waals surface area contributed by atoms with E-state index in [1.807, 2.05) is 38.2 Å². The molecule has 2 aromatic heterocycles. The Kier molecular flexibility index (Phi) is 17.6. The topological polar surface area (TPSA) is 37.2 Å². The molecule has 5 nitrogen and oxygen atoms in total. The Morgan fingerprint density at radius 3 is 1.46 bits per heavy atom. The molecule has 9 aromatic carbocycles. The van der Waals surface area contributed by atoms with Crippen LogP contribution < -0.4 is 26.2 Å². The molecule has 0 fully saturated rings. The molecule has 0 spiro atoms. The normalized spacial score (nSPS) is 13.0. The van der Waals surface area contributed by atoms with Crippen molar-refractivity contribution in [1.82, 2.24) is 14.5 Å². The molecule has 8 heteroatoms. The van der Waals surface area contributed by atoms with Crippen LogP contribution in [0.1, 0.15) is 167 Å². The van der Waals surface area contributed by atoms with Crippen molar-refractivity contribution in [3.8, 4) is 39.5 Å². The summed E-state index contributed by atoms with van der Waals surface area (Å²) in [7, 11) is 0. The van der Waals surface area contributed by atoms with E-state index in [1.165, 1.54) is 95.9 Å². The fourth-order valence-electron chi connectivity index (χ4n) is 13.2. The number of anilines is 6. The first kappa shape index (κ1) is 65.3. The van der Waals surface area contributed by atoms with Gasteiger partial charge < -0.3 is 19.4 Å². The molecular weight excluding hydrogens is 1300 g/mol. The zero-order valence-electron chi connectivity index (χ0n) is 57.1. The Morgan fingerprint density at radius 2 is 1.00 bits per heavy atom. The molecule has 469 valence electrons. The molecule has 4 heterocycles. The molecule has 0 amide bonds. The van der Waals surface area contributed by atoms with Crippen LogP contribution in [-0.2, 0) is 41.8 Å². The third-order valence-electron chi connectivity index (χ3n) is 18.7. The average Bonchev–Trinajstić information content (AvgIpc) is 0.780. The first-order valence-corrected chi connectivity index (χ1v) is 32.6. The van der Waals surface area contributed by atoms with Crippen LogP contribution in [0.5, 0.6) is 0 Å². The first-order valence-electron chi connectivity index (χ1n) is 32.6. The maximum absolute atomic E-state index is 12.7. The van der Waals surface area contributed by atoms with Crippen molar-refractivity contribution in [3.05, 3.63) is 251 Å². The smallest absolute Gasteiger partial charge is 0.252 e. The maximum atomic E-state index is 12.7. The molecule has 0 saturated carbocycles. The maximum Gasteiger partial charge on any atom is 0.252 e. The average molecular weight is 1390 g/mol. The van der Waals surface area contributed by atoms with Crippen molar-refractivity contribution < 1.29 is 24.5 Å². The minimum atomic E-state index is -0.275. The van der Waals surface area contributed by atoms with Gasteiger partial charge in [0.05, 0.1) is 16.9 Å². The van der Waals surface area contributed by atoms with Gasteiger partial charge in [-0.1, -0.05) is 195 Å². The number of aryl methyl sites for hydroxylation is 2. The summed E-state index contributed by atoms with van der Waals surface area (Å²) >= 11 is 0. The van der Waals surface area contributed by atoms with Crippen molar-refractivity contribution in [1.29, 1.82) is 0 Å². The van der Waals surface area contributed by atoms with E-state index < -0.39 is 0 Å². The molecule has 92 heavy (non-hydrogen) atoms. The molecule has 0 aliphatic carbocycles. The quantitative estimate of drug-likeness (QED) is 0.112. The van der Waals surface area contributed by atoms with E-state index in [1.54, 1.807) is 6.07 Å². The number of benzene rings is 9. The summed E-state index contributed by atoms with van der Waals surface area (Å²) in [6.07, 6.45) is 1.82. The zero-order chi connectivity index (χ0) is 64.8. The van der Waals surface area contributed by atoms with Crippen molar-refractivity contribution >= 4 is 68.3 Å². The summed E-state index contributed by atoms with van der Waals surface area (Å²) in [5.41, 5.74) is 29.4. The van der Waals surface area contributed by atoms with Crippen LogP contribution in [0.15, 0.2) is 188 Å². The van der Waals surface area contributed by atoms with Crippen LogP contribution in [0.25, 0.3) is 50.5 Å². The number of pyridine rings is 1. The molecule has 11 aromatic rings. The molecule has 2 aliphatic heterocycles. The molecule has 13 rings (SSSR count). The van der Waals surface area contributed by atoms with Crippen molar-refractivity contribution in [3.63, 3.8) is 0 Å². The van der Waals surface area contributed by atoms with Crippen molar-refractivity contribution in [2.24, 2.45) is 0 Å². The van der Waals surface area contributed by atoms with Crippen LogP contribution in [-0.4, -0.2) is 21.2 Å². The van der Waals surface area contributed by atoms with E-state index in [0.29, 0.717) is 11.8 Å². The van der Waals surface area contributed by atoms with Gasteiger partial charge in [0.15, 0.2) is 0 Å². The molecule has 0 bridgehead atoms. The summed E-state index contributed by atoms with van der Waals surface area (Å²) in [5.74, 6) is 1.21. The minimum absolute atomic E-state index is 0. The first-order chi connectivity index (χ1) is 43.0. The van der Waals surface area contributed by atoms with Gasteiger partial charge in [0.1, 0.15) is 0 Å². The van der Waals surface area contributed by atoms with Crippen LogP contribution in [0.4, 0.5) is 38.5 Å². The molecule has 2 aliphatic rings. The number of aromatic nitrogens is 3. The van der Waals surface area contributed by atoms with Crippen molar-refractivity contribution in [2.45, 2.75) is 158 Å². The largest absolute Gasteiger partial charge is 0.333 e. The van der Waals surface area contributed by atoms with E-state index in [-0.39, 0.29) is 54.3 Å². The standard InChI is InChI=1S/C71H76BN4.C13H11FN.Ir/c1-44(2)55-23-20-24-56(45(3)4)66(55)76-62-39-47(25-36-59(62)73-67(76)46-21-18-17-19-22-46)48-40-63-65-64(41-48)75(54-34-28-50(29-35-54)69(8,9)10)61-38-31-52(71(14,15)16)43-58(61)72(65)57-42-51(70(11,12)13)30-37-60(57)74(63)53-32-26-49(27-33-53)68(5,6)7;1-9-7-13(15-8-10(9)2)11-3-5-12(14)6-4-11;/h17-21,23-45H,1-16H3;3,5-8H,1-2H3;/q2*-1;. The molecule has 1 radical (unpaired) electrons. The van der Waals surface area contributed by atoms with Gasteiger partial charge >= 0.3 is 0 Å². The van der Waals surface area contributed by atoms with Gasteiger partial charge in [0.2, 0.25) is 0 Å². The third-order valence-corrected chi connectivity index (χ3v) is 18.7. The fourth-order valence-corrected chi connectivity index (χ4v) is 13.2.